The Morgan fingerprint density at radius 2 is 1.69 bits per heavy atom. The number of rotatable bonds is 18. The highest BCUT2D eigenvalue weighted by Gasteiger charge is 2.31. The Morgan fingerprint density at radius 1 is 0.964 bits per heavy atom. The third kappa shape index (κ3) is 11.4. The molecule has 0 radical (unpaired) electrons. The maximum absolute atomic E-state index is 13.0. The fourth-order valence-electron chi connectivity index (χ4n) is 5.47. The highest BCUT2D eigenvalue weighted by Crippen LogP contribution is 2.23. The number of nitriles is 1. The predicted octanol–water partition coefficient (Wildman–Crippen LogP) is -0.0997. The van der Waals surface area contributed by atoms with Gasteiger partial charge in [0, 0.05) is 30.7 Å². The van der Waals surface area contributed by atoms with Gasteiger partial charge in [0.2, 0.25) is 17.7 Å². The van der Waals surface area contributed by atoms with Crippen molar-refractivity contribution in [1.29, 1.82) is 5.26 Å². The third-order valence-electron chi connectivity index (χ3n) is 8.18. The molecule has 1 saturated heterocycles. The average Bonchev–Trinajstić information content (AvgIpc) is 3.65. The molecule has 21 nitrogen and oxygen atoms in total. The Balaban J connectivity index is 1.30. The summed E-state index contributed by atoms with van der Waals surface area (Å²) in [5.41, 5.74) is 0.468. The summed E-state index contributed by atoms with van der Waals surface area (Å²) < 4.78 is 5.77. The predicted molar refractivity (Wildman–Crippen MR) is 186 cm³/mol. The lowest BCUT2D eigenvalue weighted by molar-refractivity contribution is -0.389. The highest BCUT2D eigenvalue weighted by atomic mass is 16.6. The van der Waals surface area contributed by atoms with Gasteiger partial charge in [-0.1, -0.05) is 0 Å². The molecule has 0 bridgehead atoms. The van der Waals surface area contributed by atoms with E-state index in [4.69, 9.17) is 4.74 Å². The van der Waals surface area contributed by atoms with E-state index in [2.05, 4.69) is 37.3 Å². The minimum absolute atomic E-state index is 0.0398. The number of likely N-dealkylation sites (tertiary alicyclic amines) is 1. The molecule has 3 heterocycles. The van der Waals surface area contributed by atoms with Crippen LogP contribution in [0.3, 0.4) is 0 Å². The van der Waals surface area contributed by atoms with Gasteiger partial charge in [0.05, 0.1) is 48.7 Å². The fraction of sp³-hybridized carbons (Fsp3) is 0.353. The lowest BCUT2D eigenvalue weighted by Crippen LogP contribution is -2.55. The van der Waals surface area contributed by atoms with Crippen molar-refractivity contribution in [2.45, 2.75) is 50.2 Å². The van der Waals surface area contributed by atoms with Crippen molar-refractivity contribution in [2.75, 3.05) is 26.2 Å². The molecule has 1 aliphatic heterocycles. The van der Waals surface area contributed by atoms with Crippen LogP contribution in [0.2, 0.25) is 0 Å². The van der Waals surface area contributed by atoms with E-state index in [9.17, 15) is 59.2 Å². The molecule has 0 unspecified atom stereocenters. The summed E-state index contributed by atoms with van der Waals surface area (Å²) in [6, 6.07) is 6.37. The average molecular weight is 762 g/mol. The van der Waals surface area contributed by atoms with Gasteiger partial charge in [-0.25, -0.2) is 0 Å². The minimum atomic E-state index is -1.77. The van der Waals surface area contributed by atoms with Crippen LogP contribution >= 0.6 is 0 Å². The Hall–Kier alpha value is -7.24. The van der Waals surface area contributed by atoms with Crippen molar-refractivity contribution >= 4 is 58.2 Å². The number of pyridine rings is 2. The standard InChI is InChI=1S/C34H35N9O12/c35-16-20-3-1-11-42(20)28(44)18-39-32(50)22-8-10-36-24-6-5-21(13-23(22)24)55-12-2-9-37-33(51)25(14-29(45)46)41-34(52)26(15-30(47)48)40-31(49)19-4-7-27(38-17-19)43(53)54/h4-8,10,13,17,20,25-26H,1-3,9,11-12,14-15,18H2,(H,37,51)(H,39,50)(H,40,49)(H,41,52)(H,45,46)(H,47,48)/t20-,25+,26+/m0/s1. The quantitative estimate of drug-likeness (QED) is 0.0560. The summed E-state index contributed by atoms with van der Waals surface area (Å²) in [7, 11) is 0. The molecule has 1 aromatic carbocycles. The van der Waals surface area contributed by atoms with Gasteiger partial charge in [0.15, 0.2) is 6.20 Å². The summed E-state index contributed by atoms with van der Waals surface area (Å²) >= 11 is 0. The molecular formula is C34H35N9O12. The van der Waals surface area contributed by atoms with Crippen molar-refractivity contribution in [3.63, 3.8) is 0 Å². The number of amides is 5. The van der Waals surface area contributed by atoms with Gasteiger partial charge < -0.3 is 51.2 Å². The van der Waals surface area contributed by atoms with Gasteiger partial charge in [-0.05, 0) is 59.5 Å². The topological polar surface area (TPSA) is 313 Å². The largest absolute Gasteiger partial charge is 0.494 e. The van der Waals surface area contributed by atoms with Gasteiger partial charge in [0.1, 0.15) is 23.9 Å². The van der Waals surface area contributed by atoms with E-state index in [-0.39, 0.29) is 43.2 Å². The van der Waals surface area contributed by atoms with E-state index >= 15 is 0 Å². The van der Waals surface area contributed by atoms with Gasteiger partial charge in [-0.15, -0.1) is 0 Å². The van der Waals surface area contributed by atoms with Crippen LogP contribution in [0, 0.1) is 21.4 Å². The van der Waals surface area contributed by atoms with Crippen LogP contribution in [0.4, 0.5) is 5.82 Å². The number of ether oxygens (including phenoxy) is 1. The summed E-state index contributed by atoms with van der Waals surface area (Å²) in [6.45, 7) is 0.145. The number of carboxylic acids is 2. The second-order valence-electron chi connectivity index (χ2n) is 12.0. The van der Waals surface area contributed by atoms with E-state index in [1.54, 1.807) is 18.2 Å². The Bertz CT molecular complexity index is 2020. The molecule has 1 aliphatic rings. The smallest absolute Gasteiger partial charge is 0.363 e. The molecule has 21 heteroatoms. The monoisotopic (exact) mass is 761 g/mol. The second kappa shape index (κ2) is 19.0. The number of carbonyl (C=O) groups excluding carboxylic acids is 5. The molecule has 6 N–H and O–H groups in total. The molecule has 288 valence electrons. The number of nitrogens with zero attached hydrogens (tertiary/aromatic N) is 5. The van der Waals surface area contributed by atoms with Crippen LogP contribution in [0.25, 0.3) is 10.9 Å². The summed E-state index contributed by atoms with van der Waals surface area (Å²) in [5.74, 6) is -7.21. The Kier molecular flexibility index (Phi) is 14.0. The number of carbonyl (C=O) groups is 7. The lowest BCUT2D eigenvalue weighted by Gasteiger charge is -2.21. The van der Waals surface area contributed by atoms with Crippen molar-refractivity contribution in [2.24, 2.45) is 0 Å². The molecule has 3 atom stereocenters. The number of nitro groups is 1. The van der Waals surface area contributed by atoms with Crippen molar-refractivity contribution in [3.8, 4) is 11.8 Å². The summed E-state index contributed by atoms with van der Waals surface area (Å²) in [5, 5.41) is 48.5. The zero-order chi connectivity index (χ0) is 40.1. The summed E-state index contributed by atoms with van der Waals surface area (Å²) in [4.78, 5) is 106. The van der Waals surface area contributed by atoms with Gasteiger partial charge >= 0.3 is 17.8 Å². The van der Waals surface area contributed by atoms with Gasteiger partial charge in [-0.3, -0.25) is 38.5 Å². The van der Waals surface area contributed by atoms with E-state index in [1.165, 1.54) is 17.2 Å². The SMILES string of the molecule is N#C[C@@H]1CCCN1C(=O)CNC(=O)c1ccnc2ccc(OCCCNC(=O)[C@@H](CC(=O)O)NC(=O)[C@@H](CC(=O)O)NC(=O)c3ccc([N+](=O)[O-])nc3)cc12. The van der Waals surface area contributed by atoms with Crippen LogP contribution < -0.4 is 26.0 Å². The molecule has 4 rings (SSSR count). The van der Waals surface area contributed by atoms with E-state index in [0.29, 0.717) is 36.0 Å². The zero-order valence-corrected chi connectivity index (χ0v) is 28.9. The molecular weight excluding hydrogens is 726 g/mol. The van der Waals surface area contributed by atoms with Gasteiger partial charge in [-0.2, -0.15) is 5.26 Å². The van der Waals surface area contributed by atoms with E-state index in [1.807, 2.05) is 0 Å². The summed E-state index contributed by atoms with van der Waals surface area (Å²) in [6.07, 6.45) is 1.93. The number of hydrogen-bond acceptors (Lipinski definition) is 13. The highest BCUT2D eigenvalue weighted by molar-refractivity contribution is 6.07. The first-order valence-corrected chi connectivity index (χ1v) is 16.7. The number of aromatic nitrogens is 2. The molecule has 5 amide bonds. The molecule has 2 aromatic heterocycles. The number of benzene rings is 1. The number of fused-ring (bicyclic) bond motifs is 1. The lowest BCUT2D eigenvalue weighted by atomic mass is 10.1. The molecule has 0 saturated carbocycles. The Morgan fingerprint density at radius 3 is 2.35 bits per heavy atom. The first-order chi connectivity index (χ1) is 26.3. The number of aliphatic carboxylic acids is 2. The van der Waals surface area contributed by atoms with Crippen molar-refractivity contribution in [3.05, 3.63) is 70.0 Å². The minimum Gasteiger partial charge on any atom is -0.494 e. The van der Waals surface area contributed by atoms with E-state index < -0.39 is 77.3 Å². The first-order valence-electron chi connectivity index (χ1n) is 16.7. The van der Waals surface area contributed by atoms with Crippen molar-refractivity contribution < 1.29 is 53.4 Å². The molecule has 55 heavy (non-hydrogen) atoms. The first kappa shape index (κ1) is 40.5. The molecule has 1 fully saturated rings. The van der Waals surface area contributed by atoms with Crippen LogP contribution in [0.5, 0.6) is 5.75 Å². The van der Waals surface area contributed by atoms with E-state index in [0.717, 1.165) is 18.3 Å². The van der Waals surface area contributed by atoms with Crippen LogP contribution in [0.1, 0.15) is 52.8 Å². The van der Waals surface area contributed by atoms with Crippen molar-refractivity contribution in [1.82, 2.24) is 36.1 Å². The zero-order valence-electron chi connectivity index (χ0n) is 28.9. The maximum atomic E-state index is 13.0. The molecule has 0 aliphatic carbocycles. The van der Waals surface area contributed by atoms with Gasteiger partial charge in [0.25, 0.3) is 11.8 Å². The third-order valence-corrected chi connectivity index (χ3v) is 8.18. The second-order valence-corrected chi connectivity index (χ2v) is 12.0. The van der Waals surface area contributed by atoms with Crippen LogP contribution in [-0.2, 0) is 24.0 Å². The Labute approximate surface area is 311 Å². The van der Waals surface area contributed by atoms with Crippen LogP contribution in [-0.4, -0.2) is 116 Å². The molecule has 3 aromatic rings. The maximum Gasteiger partial charge on any atom is 0.363 e. The fourth-order valence-corrected chi connectivity index (χ4v) is 5.47. The number of hydrogen-bond donors (Lipinski definition) is 6. The molecule has 0 spiro atoms. The van der Waals surface area contributed by atoms with Crippen LogP contribution in [0.15, 0.2) is 48.8 Å². The normalized spacial score (nSPS) is 14.5. The number of nitrogens with one attached hydrogen (secondary N) is 4. The number of carboxylic acid groups (broad SMARTS) is 2.